The summed E-state index contributed by atoms with van der Waals surface area (Å²) in [5.41, 5.74) is 5.77. The molecule has 9 nitrogen and oxygen atoms in total. The van der Waals surface area contributed by atoms with Crippen LogP contribution in [-0.2, 0) is 4.74 Å². The molecule has 0 amide bonds. The van der Waals surface area contributed by atoms with Gasteiger partial charge in [0.15, 0.2) is 11.9 Å². The van der Waals surface area contributed by atoms with E-state index in [1.165, 1.54) is 6.20 Å². The lowest BCUT2D eigenvalue weighted by Crippen LogP contribution is -2.33. The van der Waals surface area contributed by atoms with E-state index >= 15 is 0 Å². The average molecular weight is 314 g/mol. The quantitative estimate of drug-likeness (QED) is 0.532. The summed E-state index contributed by atoms with van der Waals surface area (Å²) in [6.07, 6.45) is -2.74. The molecule has 0 saturated carbocycles. The van der Waals surface area contributed by atoms with Crippen molar-refractivity contribution in [3.8, 4) is 0 Å². The number of anilines is 1. The lowest BCUT2D eigenvalue weighted by atomic mass is 10.1. The second-order valence-corrected chi connectivity index (χ2v) is 5.71. The summed E-state index contributed by atoms with van der Waals surface area (Å²) in [5, 5.41) is 28.9. The predicted molar refractivity (Wildman–Crippen MR) is 73.7 cm³/mol. The summed E-state index contributed by atoms with van der Waals surface area (Å²) in [6, 6.07) is 0. The van der Waals surface area contributed by atoms with Crippen molar-refractivity contribution in [2.45, 2.75) is 31.0 Å². The first-order valence-electron chi connectivity index (χ1n) is 6.29. The molecular weight excluding hydrogens is 300 g/mol. The Balaban J connectivity index is 2.06. The van der Waals surface area contributed by atoms with E-state index in [1.54, 1.807) is 0 Å². The number of nitrogens with zero attached hydrogens (tertiary/aromatic N) is 3. The van der Waals surface area contributed by atoms with Crippen molar-refractivity contribution in [1.29, 1.82) is 0 Å². The predicted octanol–water partition coefficient (Wildman–Crippen LogP) is -1.56. The zero-order valence-electron chi connectivity index (χ0n) is 10.8. The van der Waals surface area contributed by atoms with E-state index in [0.717, 1.165) is 15.9 Å². The molecule has 4 atom stereocenters. The van der Waals surface area contributed by atoms with Gasteiger partial charge >= 0.3 is 4.87 Å². The highest BCUT2D eigenvalue weighted by Gasteiger charge is 2.44. The van der Waals surface area contributed by atoms with E-state index < -0.39 is 29.4 Å². The van der Waals surface area contributed by atoms with Gasteiger partial charge in [0.2, 0.25) is 5.95 Å². The largest absolute Gasteiger partial charge is 0.396 e. The van der Waals surface area contributed by atoms with Crippen molar-refractivity contribution in [1.82, 2.24) is 14.5 Å². The number of nitrogens with two attached hydrogens (primary N) is 1. The second kappa shape index (κ2) is 5.31. The fourth-order valence-corrected chi connectivity index (χ4v) is 3.20. The molecule has 0 aliphatic carbocycles. The first-order valence-corrected chi connectivity index (χ1v) is 7.10. The van der Waals surface area contributed by atoms with E-state index in [1.807, 2.05) is 0 Å². The molecule has 1 aliphatic heterocycles. The molecule has 1 fully saturated rings. The zero-order chi connectivity index (χ0) is 15.1. The molecule has 21 heavy (non-hydrogen) atoms. The summed E-state index contributed by atoms with van der Waals surface area (Å²) in [7, 11) is 0. The van der Waals surface area contributed by atoms with Gasteiger partial charge in [0.25, 0.3) is 0 Å². The van der Waals surface area contributed by atoms with Gasteiger partial charge in [0.05, 0.1) is 17.0 Å². The van der Waals surface area contributed by atoms with E-state index in [0.29, 0.717) is 4.70 Å². The van der Waals surface area contributed by atoms with Crippen LogP contribution < -0.4 is 10.6 Å². The van der Waals surface area contributed by atoms with Gasteiger partial charge in [-0.15, -0.1) is 0 Å². The smallest absolute Gasteiger partial charge is 0.311 e. The Bertz CT molecular complexity index is 716. The summed E-state index contributed by atoms with van der Waals surface area (Å²) in [6.45, 7) is -0.199. The van der Waals surface area contributed by atoms with Crippen LogP contribution in [0.3, 0.4) is 0 Å². The summed E-state index contributed by atoms with van der Waals surface area (Å²) < 4.78 is 7.17. The third-order valence-corrected chi connectivity index (χ3v) is 4.26. The Morgan fingerprint density at radius 3 is 2.90 bits per heavy atom. The minimum absolute atomic E-state index is 0.00556. The van der Waals surface area contributed by atoms with Crippen LogP contribution in [0.15, 0.2) is 11.0 Å². The van der Waals surface area contributed by atoms with E-state index in [2.05, 4.69) is 9.97 Å². The summed E-state index contributed by atoms with van der Waals surface area (Å²) in [5.74, 6) is -0.00556. The van der Waals surface area contributed by atoms with Gasteiger partial charge in [-0.05, 0) is 6.42 Å². The number of thiazole rings is 1. The maximum absolute atomic E-state index is 12.1. The number of aromatic nitrogens is 3. The minimum Gasteiger partial charge on any atom is -0.396 e. The molecule has 3 heterocycles. The molecule has 3 rings (SSSR count). The van der Waals surface area contributed by atoms with Crippen LogP contribution in [0.5, 0.6) is 0 Å². The van der Waals surface area contributed by atoms with E-state index in [4.69, 9.17) is 15.6 Å². The van der Waals surface area contributed by atoms with Gasteiger partial charge in [0.1, 0.15) is 12.2 Å². The van der Waals surface area contributed by atoms with Gasteiger partial charge in [-0.2, -0.15) is 4.98 Å². The van der Waals surface area contributed by atoms with Crippen LogP contribution >= 0.6 is 11.3 Å². The molecule has 1 saturated heterocycles. The van der Waals surface area contributed by atoms with Crippen molar-refractivity contribution >= 4 is 27.6 Å². The Morgan fingerprint density at radius 1 is 1.43 bits per heavy atom. The van der Waals surface area contributed by atoms with Crippen molar-refractivity contribution < 1.29 is 20.1 Å². The van der Waals surface area contributed by atoms with Crippen LogP contribution in [0, 0.1) is 0 Å². The minimum atomic E-state index is -1.30. The number of rotatable bonds is 3. The third-order valence-electron chi connectivity index (χ3n) is 3.38. The molecule has 2 aromatic heterocycles. The highest BCUT2D eigenvalue weighted by atomic mass is 32.1. The zero-order valence-corrected chi connectivity index (χ0v) is 11.6. The standard InChI is InChI=1S/C11H14N4O5S/c12-10-13-3-5-8(14-10)15(11(19)21-5)9-7(18)6(17)4(20-9)1-2-16/h3-4,6-7,9,16-18H,1-2H2,(H2,12,13,14)/t4-,6-,7-,9-/m1/s1. The van der Waals surface area contributed by atoms with Crippen LogP contribution in [-0.4, -0.2) is 54.8 Å². The second-order valence-electron chi connectivity index (χ2n) is 4.71. The topological polar surface area (TPSA) is 144 Å². The van der Waals surface area contributed by atoms with Gasteiger partial charge < -0.3 is 25.8 Å². The van der Waals surface area contributed by atoms with E-state index in [-0.39, 0.29) is 24.6 Å². The Labute approximate surface area is 122 Å². The molecule has 0 spiro atoms. The first-order chi connectivity index (χ1) is 10.0. The first kappa shape index (κ1) is 14.4. The SMILES string of the molecule is Nc1ncc2sc(=O)n([C@@H]3O[C@H](CCO)[C@@H](O)[C@H]3O)c2n1. The fourth-order valence-electron chi connectivity index (χ4n) is 2.38. The highest BCUT2D eigenvalue weighted by molar-refractivity contribution is 7.16. The summed E-state index contributed by atoms with van der Waals surface area (Å²) in [4.78, 5) is 19.5. The third kappa shape index (κ3) is 2.30. The number of hydrogen-bond donors (Lipinski definition) is 4. The van der Waals surface area contributed by atoms with Crippen molar-refractivity contribution in [3.05, 3.63) is 15.9 Å². The molecule has 1 aliphatic rings. The number of aliphatic hydroxyl groups excluding tert-OH is 3. The Kier molecular flexibility index (Phi) is 3.63. The molecule has 10 heteroatoms. The highest BCUT2D eigenvalue weighted by Crippen LogP contribution is 2.32. The van der Waals surface area contributed by atoms with Gasteiger partial charge in [-0.1, -0.05) is 11.3 Å². The molecular formula is C11H14N4O5S. The van der Waals surface area contributed by atoms with Crippen molar-refractivity contribution in [2.24, 2.45) is 0 Å². The van der Waals surface area contributed by atoms with Gasteiger partial charge in [-0.25, -0.2) is 4.98 Å². The molecule has 0 radical (unpaired) electrons. The lowest BCUT2D eigenvalue weighted by Gasteiger charge is -2.15. The molecule has 5 N–H and O–H groups in total. The van der Waals surface area contributed by atoms with Crippen molar-refractivity contribution in [2.75, 3.05) is 12.3 Å². The number of fused-ring (bicyclic) bond motifs is 1. The van der Waals surface area contributed by atoms with E-state index in [9.17, 15) is 15.0 Å². The molecule has 2 aromatic rings. The molecule has 0 unspecified atom stereocenters. The molecule has 0 aromatic carbocycles. The van der Waals surface area contributed by atoms with Crippen LogP contribution in [0.25, 0.3) is 10.3 Å². The maximum Gasteiger partial charge on any atom is 0.311 e. The fraction of sp³-hybridized carbons (Fsp3) is 0.545. The lowest BCUT2D eigenvalue weighted by molar-refractivity contribution is -0.0414. The monoisotopic (exact) mass is 314 g/mol. The van der Waals surface area contributed by atoms with Crippen LogP contribution in [0.2, 0.25) is 0 Å². The maximum atomic E-state index is 12.1. The molecule has 0 bridgehead atoms. The number of ether oxygens (including phenoxy) is 1. The Hall–Kier alpha value is -1.59. The van der Waals surface area contributed by atoms with Gasteiger partial charge in [-0.3, -0.25) is 9.36 Å². The molecule has 114 valence electrons. The van der Waals surface area contributed by atoms with Crippen LogP contribution in [0.4, 0.5) is 5.95 Å². The average Bonchev–Trinajstić information content (AvgIpc) is 2.90. The van der Waals surface area contributed by atoms with Gasteiger partial charge in [0, 0.05) is 6.61 Å². The number of hydrogen-bond acceptors (Lipinski definition) is 9. The number of nitrogen functional groups attached to an aromatic ring is 1. The number of aliphatic hydroxyl groups is 3. The normalized spacial score (nSPS) is 29.3. The van der Waals surface area contributed by atoms with Crippen LogP contribution in [0.1, 0.15) is 12.6 Å². The Morgan fingerprint density at radius 2 is 2.19 bits per heavy atom. The van der Waals surface area contributed by atoms with Crippen molar-refractivity contribution in [3.63, 3.8) is 0 Å². The summed E-state index contributed by atoms with van der Waals surface area (Å²) >= 11 is 0.897.